The molecule has 0 heterocycles. The molecule has 0 saturated heterocycles. The molecule has 1 aromatic carbocycles. The Kier molecular flexibility index (Phi) is 4.16. The van der Waals surface area contributed by atoms with Crippen molar-refractivity contribution >= 4 is 0 Å². The Labute approximate surface area is 124 Å². The molecule has 0 aliphatic heterocycles. The zero-order valence-electron chi connectivity index (χ0n) is 12.4. The standard InChI is InChI=1S/C17H23F2NO/c1-20-16(13-8-10-17(18,19)11-9-13)12-2-4-14(5-3-12)21-15-6-7-15/h2-5,13,15-16,20H,6-11H2,1H3. The molecular formula is C17H23F2NO. The lowest BCUT2D eigenvalue weighted by molar-refractivity contribution is -0.0495. The average Bonchev–Trinajstić information content (AvgIpc) is 3.27. The van der Waals surface area contributed by atoms with Crippen molar-refractivity contribution in [2.75, 3.05) is 7.05 Å². The van der Waals surface area contributed by atoms with Crippen LogP contribution in [0, 0.1) is 5.92 Å². The highest BCUT2D eigenvalue weighted by molar-refractivity contribution is 5.30. The van der Waals surface area contributed by atoms with E-state index in [-0.39, 0.29) is 24.8 Å². The van der Waals surface area contributed by atoms with Gasteiger partial charge in [0.1, 0.15) is 5.75 Å². The molecule has 21 heavy (non-hydrogen) atoms. The van der Waals surface area contributed by atoms with Gasteiger partial charge in [0.15, 0.2) is 0 Å². The average molecular weight is 295 g/mol. The van der Waals surface area contributed by atoms with Crippen LogP contribution < -0.4 is 10.1 Å². The number of alkyl halides is 2. The zero-order valence-corrected chi connectivity index (χ0v) is 12.4. The van der Waals surface area contributed by atoms with E-state index in [1.165, 1.54) is 0 Å². The molecule has 4 heteroatoms. The molecule has 3 rings (SSSR count). The topological polar surface area (TPSA) is 21.3 Å². The highest BCUT2D eigenvalue weighted by Gasteiger charge is 2.37. The summed E-state index contributed by atoms with van der Waals surface area (Å²) in [5.74, 6) is -1.27. The smallest absolute Gasteiger partial charge is 0.248 e. The van der Waals surface area contributed by atoms with Gasteiger partial charge in [0.05, 0.1) is 6.10 Å². The van der Waals surface area contributed by atoms with E-state index >= 15 is 0 Å². The number of halogens is 2. The van der Waals surface area contributed by atoms with Gasteiger partial charge in [-0.25, -0.2) is 8.78 Å². The van der Waals surface area contributed by atoms with Crippen molar-refractivity contribution in [3.63, 3.8) is 0 Å². The van der Waals surface area contributed by atoms with E-state index in [4.69, 9.17) is 4.74 Å². The molecule has 0 radical (unpaired) electrons. The van der Waals surface area contributed by atoms with Gasteiger partial charge < -0.3 is 10.1 Å². The third-order valence-corrected chi connectivity index (χ3v) is 4.61. The maximum Gasteiger partial charge on any atom is 0.248 e. The minimum Gasteiger partial charge on any atom is -0.490 e. The second-order valence-electron chi connectivity index (χ2n) is 6.35. The van der Waals surface area contributed by atoms with E-state index in [1.54, 1.807) is 0 Å². The third-order valence-electron chi connectivity index (χ3n) is 4.61. The van der Waals surface area contributed by atoms with Gasteiger partial charge in [0.25, 0.3) is 0 Å². The van der Waals surface area contributed by atoms with Crippen LogP contribution in [0.25, 0.3) is 0 Å². The lowest BCUT2D eigenvalue weighted by Crippen LogP contribution is -2.32. The van der Waals surface area contributed by atoms with Crippen molar-refractivity contribution in [3.05, 3.63) is 29.8 Å². The highest BCUT2D eigenvalue weighted by atomic mass is 19.3. The fourth-order valence-corrected chi connectivity index (χ4v) is 3.20. The van der Waals surface area contributed by atoms with E-state index in [2.05, 4.69) is 17.4 Å². The Balaban J connectivity index is 1.64. The minimum absolute atomic E-state index is 0.0126. The Morgan fingerprint density at radius 2 is 1.71 bits per heavy atom. The van der Waals surface area contributed by atoms with Crippen LogP contribution in [-0.4, -0.2) is 19.1 Å². The maximum atomic E-state index is 13.3. The Morgan fingerprint density at radius 1 is 1.10 bits per heavy atom. The molecule has 1 aromatic rings. The van der Waals surface area contributed by atoms with Crippen molar-refractivity contribution in [1.82, 2.24) is 5.32 Å². The van der Waals surface area contributed by atoms with Crippen LogP contribution in [0.4, 0.5) is 8.78 Å². The van der Waals surface area contributed by atoms with Gasteiger partial charge in [0, 0.05) is 18.9 Å². The first-order valence-corrected chi connectivity index (χ1v) is 7.89. The van der Waals surface area contributed by atoms with Crippen molar-refractivity contribution in [2.45, 2.75) is 56.6 Å². The molecule has 2 saturated carbocycles. The number of hydrogen-bond donors (Lipinski definition) is 1. The van der Waals surface area contributed by atoms with Crippen LogP contribution in [-0.2, 0) is 0 Å². The summed E-state index contributed by atoms with van der Waals surface area (Å²) in [7, 11) is 1.91. The summed E-state index contributed by atoms with van der Waals surface area (Å²) in [6, 6.07) is 8.26. The predicted molar refractivity (Wildman–Crippen MR) is 78.8 cm³/mol. The molecule has 0 spiro atoms. The SMILES string of the molecule is CNC(c1ccc(OC2CC2)cc1)C1CCC(F)(F)CC1. The fraction of sp³-hybridized carbons (Fsp3) is 0.647. The summed E-state index contributed by atoms with van der Waals surface area (Å²) in [5.41, 5.74) is 1.16. The molecular weight excluding hydrogens is 272 g/mol. The van der Waals surface area contributed by atoms with Gasteiger partial charge in [-0.05, 0) is 56.3 Å². The first-order valence-electron chi connectivity index (χ1n) is 7.89. The molecule has 1 N–H and O–H groups in total. The van der Waals surface area contributed by atoms with Gasteiger partial charge in [0.2, 0.25) is 5.92 Å². The van der Waals surface area contributed by atoms with Crippen LogP contribution in [0.15, 0.2) is 24.3 Å². The normalized spacial score (nSPS) is 23.8. The van der Waals surface area contributed by atoms with Crippen molar-refractivity contribution in [3.8, 4) is 5.75 Å². The van der Waals surface area contributed by atoms with Gasteiger partial charge in [-0.1, -0.05) is 12.1 Å². The second-order valence-corrected chi connectivity index (χ2v) is 6.35. The molecule has 116 valence electrons. The fourth-order valence-electron chi connectivity index (χ4n) is 3.20. The number of hydrogen-bond acceptors (Lipinski definition) is 2. The molecule has 0 bridgehead atoms. The van der Waals surface area contributed by atoms with E-state index in [9.17, 15) is 8.78 Å². The van der Waals surface area contributed by atoms with E-state index in [1.807, 2.05) is 19.2 Å². The molecule has 0 amide bonds. The van der Waals surface area contributed by atoms with Gasteiger partial charge in [-0.15, -0.1) is 0 Å². The first-order chi connectivity index (χ1) is 10.1. The molecule has 2 fully saturated rings. The van der Waals surface area contributed by atoms with E-state index < -0.39 is 5.92 Å². The zero-order chi connectivity index (χ0) is 14.9. The van der Waals surface area contributed by atoms with Crippen molar-refractivity contribution < 1.29 is 13.5 Å². The van der Waals surface area contributed by atoms with Crippen LogP contribution in [0.1, 0.15) is 50.1 Å². The highest BCUT2D eigenvalue weighted by Crippen LogP contribution is 2.41. The van der Waals surface area contributed by atoms with E-state index in [0.29, 0.717) is 18.9 Å². The molecule has 2 aliphatic rings. The minimum atomic E-state index is -2.46. The molecule has 2 aliphatic carbocycles. The first kappa shape index (κ1) is 14.8. The van der Waals surface area contributed by atoms with Crippen LogP contribution in [0.5, 0.6) is 5.75 Å². The largest absolute Gasteiger partial charge is 0.490 e. The molecule has 1 atom stereocenters. The summed E-state index contributed by atoms with van der Waals surface area (Å²) in [6.07, 6.45) is 3.89. The van der Waals surface area contributed by atoms with E-state index in [0.717, 1.165) is 24.2 Å². The monoisotopic (exact) mass is 295 g/mol. The van der Waals surface area contributed by atoms with Gasteiger partial charge in [-0.3, -0.25) is 0 Å². The molecule has 0 aromatic heterocycles. The summed E-state index contributed by atoms with van der Waals surface area (Å²) < 4.78 is 32.3. The summed E-state index contributed by atoms with van der Waals surface area (Å²) in [6.45, 7) is 0. The Hall–Kier alpha value is -1.16. The quantitative estimate of drug-likeness (QED) is 0.873. The lowest BCUT2D eigenvalue weighted by Gasteiger charge is -2.34. The number of nitrogens with one attached hydrogen (secondary N) is 1. The third kappa shape index (κ3) is 3.73. The van der Waals surface area contributed by atoms with Gasteiger partial charge >= 0.3 is 0 Å². The summed E-state index contributed by atoms with van der Waals surface area (Å²) in [5, 5.41) is 3.30. The Bertz CT molecular complexity index is 460. The maximum absolute atomic E-state index is 13.3. The second kappa shape index (κ2) is 5.91. The van der Waals surface area contributed by atoms with Crippen LogP contribution >= 0.6 is 0 Å². The number of benzene rings is 1. The lowest BCUT2D eigenvalue weighted by atomic mass is 9.79. The molecule has 1 unspecified atom stereocenters. The van der Waals surface area contributed by atoms with Crippen LogP contribution in [0.3, 0.4) is 0 Å². The summed E-state index contributed by atoms with van der Waals surface area (Å²) in [4.78, 5) is 0. The van der Waals surface area contributed by atoms with Crippen LogP contribution in [0.2, 0.25) is 0 Å². The van der Waals surface area contributed by atoms with Gasteiger partial charge in [-0.2, -0.15) is 0 Å². The number of ether oxygens (including phenoxy) is 1. The van der Waals surface area contributed by atoms with Crippen molar-refractivity contribution in [2.24, 2.45) is 5.92 Å². The number of rotatable bonds is 5. The van der Waals surface area contributed by atoms with Crippen molar-refractivity contribution in [1.29, 1.82) is 0 Å². The Morgan fingerprint density at radius 3 is 2.24 bits per heavy atom. The molecule has 2 nitrogen and oxygen atoms in total. The predicted octanol–water partition coefficient (Wildman–Crippen LogP) is 4.31. The summed E-state index contributed by atoms with van der Waals surface area (Å²) >= 11 is 0.